The van der Waals surface area contributed by atoms with Crippen LogP contribution in [0.3, 0.4) is 0 Å². The van der Waals surface area contributed by atoms with E-state index in [0.29, 0.717) is 14.5 Å². The van der Waals surface area contributed by atoms with Crippen molar-refractivity contribution in [2.75, 3.05) is 4.90 Å². The minimum absolute atomic E-state index is 0.334. The number of rotatable bonds is 6. The van der Waals surface area contributed by atoms with Crippen LogP contribution in [0.25, 0.3) is 69.0 Å². The van der Waals surface area contributed by atoms with Crippen molar-refractivity contribution in [3.63, 3.8) is 0 Å². The molecule has 2 nitrogen and oxygen atoms in total. The van der Waals surface area contributed by atoms with E-state index in [1.54, 1.807) is 0 Å². The summed E-state index contributed by atoms with van der Waals surface area (Å²) >= 11 is 0.334. The molecule has 0 fully saturated rings. The van der Waals surface area contributed by atoms with Gasteiger partial charge in [-0.1, -0.05) is 54.6 Å². The molecule has 0 saturated heterocycles. The summed E-state index contributed by atoms with van der Waals surface area (Å²) in [7, 11) is 0. The van der Waals surface area contributed by atoms with Gasteiger partial charge in [0.2, 0.25) is 0 Å². The number of fused-ring (bicyclic) bond motifs is 6. The van der Waals surface area contributed by atoms with Gasteiger partial charge in [0.05, 0.1) is 5.52 Å². The van der Waals surface area contributed by atoms with E-state index in [2.05, 4.69) is 204 Å². The van der Waals surface area contributed by atoms with Crippen LogP contribution in [0.4, 0.5) is 17.1 Å². The van der Waals surface area contributed by atoms with Crippen molar-refractivity contribution in [3.8, 4) is 27.9 Å². The van der Waals surface area contributed by atoms with Crippen molar-refractivity contribution in [2.24, 2.45) is 0 Å². The Kier molecular flexibility index (Phi) is 7.20. The molecule has 0 aliphatic heterocycles. The van der Waals surface area contributed by atoms with Crippen LogP contribution in [0.15, 0.2) is 194 Å². The third kappa shape index (κ3) is 5.10. The van der Waals surface area contributed by atoms with Gasteiger partial charge in [-0.15, -0.1) is 0 Å². The molecule has 0 aliphatic carbocycles. The summed E-state index contributed by atoms with van der Waals surface area (Å²) in [6, 6.07) is 70.8. The number of aromatic nitrogens is 1. The predicted molar refractivity (Wildman–Crippen MR) is 218 cm³/mol. The van der Waals surface area contributed by atoms with Crippen molar-refractivity contribution in [2.45, 2.75) is 0 Å². The van der Waals surface area contributed by atoms with Crippen LogP contribution < -0.4 is 4.90 Å². The monoisotopic (exact) mass is 716 g/mol. The van der Waals surface area contributed by atoms with Gasteiger partial charge >= 0.3 is 215 Å². The standard InChI is InChI=1S/C48H32N2Se/c1-3-13-34(14-4-1)39-17-7-10-20-44(39)49(37-26-23-33(24-27-37)35-25-29-43-42-19-9-12-22-47(42)51-48(43)31-35)38-28-30-41-40-18-8-11-21-45(40)50(46(41)32-38)36-15-5-2-6-16-36/h1-32H. The summed E-state index contributed by atoms with van der Waals surface area (Å²) in [6.45, 7) is 0. The first-order chi connectivity index (χ1) is 25.3. The van der Waals surface area contributed by atoms with Crippen LogP contribution >= 0.6 is 0 Å². The van der Waals surface area contributed by atoms with Crippen LogP contribution in [0.2, 0.25) is 0 Å². The molecule has 0 amide bonds. The minimum Gasteiger partial charge on any atom is -0.0616 e. The van der Waals surface area contributed by atoms with Gasteiger partial charge in [-0.25, -0.2) is 0 Å². The van der Waals surface area contributed by atoms with Crippen LogP contribution in [-0.2, 0) is 0 Å². The molecule has 0 aliphatic rings. The molecule has 0 bridgehead atoms. The molecular weight excluding hydrogens is 684 g/mol. The maximum atomic E-state index is 2.42. The number of hydrogen-bond donors (Lipinski definition) is 0. The Morgan fingerprint density at radius 3 is 1.82 bits per heavy atom. The zero-order valence-corrected chi connectivity index (χ0v) is 29.5. The number of benzene rings is 8. The summed E-state index contributed by atoms with van der Waals surface area (Å²) in [5, 5.41) is 5.27. The van der Waals surface area contributed by atoms with E-state index >= 15 is 0 Å². The molecule has 2 heterocycles. The fourth-order valence-corrected chi connectivity index (χ4v) is 10.0. The second kappa shape index (κ2) is 12.3. The Morgan fingerprint density at radius 2 is 0.980 bits per heavy atom. The SMILES string of the molecule is c1ccc(-c2ccccc2N(c2ccc(-c3ccc4c(c3)[se]c3ccccc34)cc2)c2ccc3c4ccccc4n(-c4ccccc4)c3c2)cc1. The third-order valence-electron chi connectivity index (χ3n) is 10.00. The van der Waals surface area contributed by atoms with E-state index in [9.17, 15) is 0 Å². The van der Waals surface area contributed by atoms with Crippen molar-refractivity contribution < 1.29 is 0 Å². The van der Waals surface area contributed by atoms with Gasteiger partial charge < -0.3 is 0 Å². The minimum atomic E-state index is 0.334. The number of hydrogen-bond acceptors (Lipinski definition) is 1. The Hall–Kier alpha value is -6.12. The average Bonchev–Trinajstić information content (AvgIpc) is 3.74. The maximum absolute atomic E-state index is 2.42. The van der Waals surface area contributed by atoms with Crippen LogP contribution in [0.1, 0.15) is 0 Å². The molecule has 240 valence electrons. The molecule has 10 rings (SSSR count). The summed E-state index contributed by atoms with van der Waals surface area (Å²) < 4.78 is 5.33. The van der Waals surface area contributed by atoms with Crippen molar-refractivity contribution in [1.82, 2.24) is 4.57 Å². The van der Waals surface area contributed by atoms with E-state index < -0.39 is 0 Å². The zero-order valence-electron chi connectivity index (χ0n) is 27.8. The molecule has 10 aromatic rings. The normalized spacial score (nSPS) is 11.5. The van der Waals surface area contributed by atoms with Crippen LogP contribution in [0.5, 0.6) is 0 Å². The van der Waals surface area contributed by atoms with Crippen LogP contribution in [0, 0.1) is 0 Å². The van der Waals surface area contributed by atoms with Gasteiger partial charge in [-0.3, -0.25) is 0 Å². The molecule has 51 heavy (non-hydrogen) atoms. The average molecular weight is 716 g/mol. The first-order valence-electron chi connectivity index (χ1n) is 17.4. The molecule has 2 aromatic heterocycles. The topological polar surface area (TPSA) is 8.17 Å². The molecular formula is C48H32N2Se. The van der Waals surface area contributed by atoms with Gasteiger partial charge in [0.1, 0.15) is 0 Å². The summed E-state index contributed by atoms with van der Waals surface area (Å²) in [5.74, 6) is 0. The molecule has 8 aromatic carbocycles. The second-order valence-electron chi connectivity index (χ2n) is 13.0. The van der Waals surface area contributed by atoms with Gasteiger partial charge in [-0.2, -0.15) is 0 Å². The smallest absolute Gasteiger partial charge is 0.0616 e. The molecule has 0 unspecified atom stereocenters. The molecule has 0 atom stereocenters. The first-order valence-corrected chi connectivity index (χ1v) is 19.1. The van der Waals surface area contributed by atoms with E-state index in [4.69, 9.17) is 0 Å². The van der Waals surface area contributed by atoms with Crippen molar-refractivity contribution in [1.29, 1.82) is 0 Å². The van der Waals surface area contributed by atoms with Crippen molar-refractivity contribution >= 4 is 72.7 Å². The molecule has 0 spiro atoms. The predicted octanol–water partition coefficient (Wildman–Crippen LogP) is 13.0. The number of nitrogens with zero attached hydrogens (tertiary/aromatic N) is 2. The molecule has 3 heteroatoms. The Morgan fingerprint density at radius 1 is 0.373 bits per heavy atom. The van der Waals surface area contributed by atoms with Crippen molar-refractivity contribution in [3.05, 3.63) is 194 Å². The fraction of sp³-hybridized carbons (Fsp3) is 0. The zero-order chi connectivity index (χ0) is 33.7. The summed E-state index contributed by atoms with van der Waals surface area (Å²) in [6.07, 6.45) is 0. The number of para-hydroxylation sites is 3. The quantitative estimate of drug-likeness (QED) is 0.156. The number of anilines is 3. The second-order valence-corrected chi connectivity index (χ2v) is 15.2. The van der Waals surface area contributed by atoms with Crippen LogP contribution in [-0.4, -0.2) is 19.1 Å². The van der Waals surface area contributed by atoms with Gasteiger partial charge in [-0.05, 0) is 18.2 Å². The van der Waals surface area contributed by atoms with Gasteiger partial charge in [0.15, 0.2) is 0 Å². The van der Waals surface area contributed by atoms with E-state index in [-0.39, 0.29) is 0 Å². The molecule has 0 saturated carbocycles. The van der Waals surface area contributed by atoms with E-state index in [1.165, 1.54) is 63.4 Å². The molecule has 0 radical (unpaired) electrons. The fourth-order valence-electron chi connectivity index (χ4n) is 7.62. The molecule has 0 N–H and O–H groups in total. The Balaban J connectivity index is 1.15. The van der Waals surface area contributed by atoms with E-state index in [1.807, 2.05) is 0 Å². The summed E-state index contributed by atoms with van der Waals surface area (Å²) in [5.41, 5.74) is 11.8. The summed E-state index contributed by atoms with van der Waals surface area (Å²) in [4.78, 5) is 2.42. The first kappa shape index (κ1) is 29.8. The van der Waals surface area contributed by atoms with E-state index in [0.717, 1.165) is 22.7 Å². The van der Waals surface area contributed by atoms with Gasteiger partial charge in [0.25, 0.3) is 0 Å². The van der Waals surface area contributed by atoms with Gasteiger partial charge in [0, 0.05) is 11.1 Å². The Labute approximate surface area is 302 Å². The third-order valence-corrected chi connectivity index (χ3v) is 12.4. The Bertz CT molecular complexity index is 2850.